The van der Waals surface area contributed by atoms with Crippen molar-refractivity contribution in [3.05, 3.63) is 34.3 Å². The van der Waals surface area contributed by atoms with Crippen LogP contribution in [-0.2, 0) is 11.3 Å². The highest BCUT2D eigenvalue weighted by molar-refractivity contribution is 14.0. The van der Waals surface area contributed by atoms with Gasteiger partial charge in [0, 0.05) is 38.3 Å². The quantitative estimate of drug-likeness (QED) is 0.309. The first-order valence-electron chi connectivity index (χ1n) is 5.94. The normalized spacial score (nSPS) is 10.8. The summed E-state index contributed by atoms with van der Waals surface area (Å²) in [6, 6.07) is 8.21. The molecule has 0 spiro atoms. The van der Waals surface area contributed by atoms with Gasteiger partial charge in [-0.3, -0.25) is 4.99 Å². The van der Waals surface area contributed by atoms with Gasteiger partial charge < -0.3 is 15.4 Å². The fraction of sp³-hybridized carbons (Fsp3) is 0.462. The lowest BCUT2D eigenvalue weighted by molar-refractivity contribution is 0.195. The largest absolute Gasteiger partial charge is 0.385 e. The van der Waals surface area contributed by atoms with Crippen LogP contribution in [0.5, 0.6) is 0 Å². The van der Waals surface area contributed by atoms with Gasteiger partial charge in [0.2, 0.25) is 0 Å². The van der Waals surface area contributed by atoms with E-state index in [-0.39, 0.29) is 24.0 Å². The molecule has 0 aliphatic heterocycles. The SMILES string of the molecule is CN=C(NCCCOC)NCc1cccc(Br)c1.I. The number of hydrogen-bond acceptors (Lipinski definition) is 2. The predicted molar refractivity (Wildman–Crippen MR) is 94.3 cm³/mol. The van der Waals surface area contributed by atoms with Crippen LogP contribution in [0.1, 0.15) is 12.0 Å². The molecule has 0 amide bonds. The molecule has 4 nitrogen and oxygen atoms in total. The second-order valence-electron chi connectivity index (χ2n) is 3.83. The first-order valence-corrected chi connectivity index (χ1v) is 6.73. The van der Waals surface area contributed by atoms with E-state index in [1.165, 1.54) is 5.56 Å². The molecule has 0 heterocycles. The van der Waals surface area contributed by atoms with E-state index >= 15 is 0 Å². The summed E-state index contributed by atoms with van der Waals surface area (Å²) in [7, 11) is 3.48. The number of nitrogens with one attached hydrogen (secondary N) is 2. The molecule has 1 aromatic carbocycles. The maximum Gasteiger partial charge on any atom is 0.191 e. The third-order valence-electron chi connectivity index (χ3n) is 2.39. The third-order valence-corrected chi connectivity index (χ3v) is 2.88. The fourth-order valence-electron chi connectivity index (χ4n) is 1.48. The molecule has 19 heavy (non-hydrogen) atoms. The molecule has 0 saturated carbocycles. The van der Waals surface area contributed by atoms with E-state index in [9.17, 15) is 0 Å². The monoisotopic (exact) mass is 441 g/mol. The lowest BCUT2D eigenvalue weighted by Gasteiger charge is -2.11. The zero-order valence-electron chi connectivity index (χ0n) is 11.3. The molecule has 1 aromatic rings. The van der Waals surface area contributed by atoms with E-state index in [4.69, 9.17) is 4.74 Å². The zero-order valence-corrected chi connectivity index (χ0v) is 15.2. The van der Waals surface area contributed by atoms with E-state index in [0.717, 1.165) is 36.5 Å². The van der Waals surface area contributed by atoms with Gasteiger partial charge >= 0.3 is 0 Å². The molecule has 0 bridgehead atoms. The Morgan fingerprint density at radius 3 is 2.79 bits per heavy atom. The summed E-state index contributed by atoms with van der Waals surface area (Å²) in [5.41, 5.74) is 1.21. The highest BCUT2D eigenvalue weighted by Crippen LogP contribution is 2.11. The van der Waals surface area contributed by atoms with Crippen molar-refractivity contribution in [2.45, 2.75) is 13.0 Å². The van der Waals surface area contributed by atoms with Crippen LogP contribution in [0, 0.1) is 0 Å². The van der Waals surface area contributed by atoms with E-state index < -0.39 is 0 Å². The van der Waals surface area contributed by atoms with Crippen LogP contribution >= 0.6 is 39.9 Å². The summed E-state index contributed by atoms with van der Waals surface area (Å²) < 4.78 is 6.08. The van der Waals surface area contributed by atoms with Crippen molar-refractivity contribution in [1.29, 1.82) is 0 Å². The Labute approximate surface area is 140 Å². The minimum absolute atomic E-state index is 0. The van der Waals surface area contributed by atoms with E-state index in [0.29, 0.717) is 0 Å². The van der Waals surface area contributed by atoms with Gasteiger partial charge in [-0.05, 0) is 24.1 Å². The molecule has 0 fully saturated rings. The molecule has 0 atom stereocenters. The number of benzene rings is 1. The summed E-state index contributed by atoms with van der Waals surface area (Å²) in [5, 5.41) is 6.50. The summed E-state index contributed by atoms with van der Waals surface area (Å²) in [4.78, 5) is 4.17. The first kappa shape index (κ1) is 18.7. The van der Waals surface area contributed by atoms with Crippen molar-refractivity contribution in [3.8, 4) is 0 Å². The van der Waals surface area contributed by atoms with Crippen LogP contribution in [0.2, 0.25) is 0 Å². The standard InChI is InChI=1S/C13H20BrN3O.HI/c1-15-13(16-7-4-8-18-2)17-10-11-5-3-6-12(14)9-11;/h3,5-6,9H,4,7-8,10H2,1-2H3,(H2,15,16,17);1H. The molecule has 108 valence electrons. The first-order chi connectivity index (χ1) is 8.76. The van der Waals surface area contributed by atoms with Crippen LogP contribution in [0.15, 0.2) is 33.7 Å². The lowest BCUT2D eigenvalue weighted by Crippen LogP contribution is -2.37. The molecule has 2 N–H and O–H groups in total. The topological polar surface area (TPSA) is 45.7 Å². The van der Waals surface area contributed by atoms with Gasteiger partial charge in [0.25, 0.3) is 0 Å². The molecule has 0 aromatic heterocycles. The molecule has 0 aliphatic rings. The molecule has 0 unspecified atom stereocenters. The van der Waals surface area contributed by atoms with Crippen molar-refractivity contribution in [2.75, 3.05) is 27.3 Å². The van der Waals surface area contributed by atoms with Gasteiger partial charge in [-0.2, -0.15) is 0 Å². The summed E-state index contributed by atoms with van der Waals surface area (Å²) in [6.07, 6.45) is 0.966. The number of rotatable bonds is 6. The van der Waals surface area contributed by atoms with Crippen molar-refractivity contribution < 1.29 is 4.74 Å². The highest BCUT2D eigenvalue weighted by atomic mass is 127. The number of methoxy groups -OCH3 is 1. The van der Waals surface area contributed by atoms with Crippen LogP contribution in [0.3, 0.4) is 0 Å². The third kappa shape index (κ3) is 8.43. The Hall–Kier alpha value is -0.340. The second kappa shape index (κ2) is 11.5. The molecular formula is C13H21BrIN3O. The number of guanidine groups is 1. The smallest absolute Gasteiger partial charge is 0.191 e. The molecule has 6 heteroatoms. The highest BCUT2D eigenvalue weighted by Gasteiger charge is 1.98. The minimum Gasteiger partial charge on any atom is -0.385 e. The van der Waals surface area contributed by atoms with Crippen molar-refractivity contribution in [3.63, 3.8) is 0 Å². The maximum absolute atomic E-state index is 4.99. The summed E-state index contributed by atoms with van der Waals surface area (Å²) >= 11 is 3.46. The molecule has 0 aliphatic carbocycles. The van der Waals surface area contributed by atoms with Gasteiger partial charge in [0.1, 0.15) is 0 Å². The van der Waals surface area contributed by atoms with Gasteiger partial charge in [0.15, 0.2) is 5.96 Å². The number of ether oxygens (including phenoxy) is 1. The summed E-state index contributed by atoms with van der Waals surface area (Å²) in [5.74, 6) is 0.811. The number of nitrogens with zero attached hydrogens (tertiary/aromatic N) is 1. The number of aliphatic imine (C=N–C) groups is 1. The Bertz CT molecular complexity index is 388. The van der Waals surface area contributed by atoms with Gasteiger partial charge in [-0.25, -0.2) is 0 Å². The Morgan fingerprint density at radius 2 is 2.16 bits per heavy atom. The van der Waals surface area contributed by atoms with Crippen molar-refractivity contribution in [2.24, 2.45) is 4.99 Å². The predicted octanol–water partition coefficient (Wildman–Crippen LogP) is 2.77. The average Bonchev–Trinajstić information content (AvgIpc) is 2.38. The van der Waals surface area contributed by atoms with Crippen LogP contribution in [0.4, 0.5) is 0 Å². The van der Waals surface area contributed by atoms with Crippen molar-refractivity contribution in [1.82, 2.24) is 10.6 Å². The minimum atomic E-state index is 0. The van der Waals surface area contributed by atoms with Crippen LogP contribution in [-0.4, -0.2) is 33.3 Å². The number of halogens is 2. The molecule has 0 radical (unpaired) electrons. The average molecular weight is 442 g/mol. The fourth-order valence-corrected chi connectivity index (χ4v) is 1.92. The Morgan fingerprint density at radius 1 is 1.37 bits per heavy atom. The van der Waals surface area contributed by atoms with E-state index in [1.807, 2.05) is 12.1 Å². The molecule has 0 saturated heterocycles. The lowest BCUT2D eigenvalue weighted by atomic mass is 10.2. The second-order valence-corrected chi connectivity index (χ2v) is 4.74. The van der Waals surface area contributed by atoms with Gasteiger partial charge in [0.05, 0.1) is 0 Å². The van der Waals surface area contributed by atoms with E-state index in [1.54, 1.807) is 14.2 Å². The van der Waals surface area contributed by atoms with Gasteiger partial charge in [-0.1, -0.05) is 28.1 Å². The van der Waals surface area contributed by atoms with Gasteiger partial charge in [-0.15, -0.1) is 24.0 Å². The van der Waals surface area contributed by atoms with E-state index in [2.05, 4.69) is 43.7 Å². The Balaban J connectivity index is 0.00000324. The van der Waals surface area contributed by atoms with Crippen molar-refractivity contribution >= 4 is 45.9 Å². The zero-order chi connectivity index (χ0) is 13.2. The Kier molecular flexibility index (Phi) is 11.3. The summed E-state index contributed by atoms with van der Waals surface area (Å²) in [6.45, 7) is 2.37. The number of hydrogen-bond donors (Lipinski definition) is 2. The van der Waals surface area contributed by atoms with Crippen LogP contribution < -0.4 is 10.6 Å². The maximum atomic E-state index is 4.99. The molecule has 1 rings (SSSR count). The van der Waals surface area contributed by atoms with Crippen LogP contribution in [0.25, 0.3) is 0 Å². The molecular weight excluding hydrogens is 421 g/mol.